The molecule has 2 N–H and O–H groups in total. The van der Waals surface area contributed by atoms with Crippen molar-refractivity contribution in [3.63, 3.8) is 0 Å². The van der Waals surface area contributed by atoms with Crippen molar-refractivity contribution < 1.29 is 14.3 Å². The highest BCUT2D eigenvalue weighted by molar-refractivity contribution is 9.10. The number of anilines is 2. The van der Waals surface area contributed by atoms with Crippen molar-refractivity contribution in [1.82, 2.24) is 0 Å². The molecular formula is C17H16BrClN2O3. The number of carbonyl (C=O) groups excluding carboxylic acids is 1. The van der Waals surface area contributed by atoms with E-state index in [1.54, 1.807) is 12.1 Å². The number of ether oxygens (including phenoxy) is 2. The van der Waals surface area contributed by atoms with Crippen LogP contribution in [0.15, 0.2) is 34.8 Å². The zero-order valence-corrected chi connectivity index (χ0v) is 15.3. The number of aryl methyl sites for hydroxylation is 1. The standard InChI is InChI=1S/C17H16BrClN2O3/c1-10-6-11(2-3-12(10)18)20-9-17(22)21-14-8-16-15(7-13(14)19)23-4-5-24-16/h2-3,6-8,20H,4-5,9H2,1H3,(H,21,22). The van der Waals surface area contributed by atoms with Gasteiger partial charge in [-0.1, -0.05) is 27.5 Å². The van der Waals surface area contributed by atoms with Gasteiger partial charge in [-0.25, -0.2) is 0 Å². The van der Waals surface area contributed by atoms with Gasteiger partial charge in [-0.15, -0.1) is 0 Å². The summed E-state index contributed by atoms with van der Waals surface area (Å²) < 4.78 is 12.0. The molecule has 0 radical (unpaired) electrons. The Morgan fingerprint density at radius 2 is 1.92 bits per heavy atom. The Morgan fingerprint density at radius 3 is 2.62 bits per heavy atom. The molecule has 2 aromatic rings. The van der Waals surface area contributed by atoms with Gasteiger partial charge in [0.15, 0.2) is 11.5 Å². The lowest BCUT2D eigenvalue weighted by molar-refractivity contribution is -0.114. The first-order valence-electron chi connectivity index (χ1n) is 7.42. The third-order valence-electron chi connectivity index (χ3n) is 3.52. The quantitative estimate of drug-likeness (QED) is 0.790. The fourth-order valence-corrected chi connectivity index (χ4v) is 2.74. The summed E-state index contributed by atoms with van der Waals surface area (Å²) in [5.41, 5.74) is 2.47. The van der Waals surface area contributed by atoms with E-state index >= 15 is 0 Å². The van der Waals surface area contributed by atoms with Crippen LogP contribution in [0.5, 0.6) is 11.5 Å². The monoisotopic (exact) mass is 410 g/mol. The van der Waals surface area contributed by atoms with Crippen molar-refractivity contribution in [2.45, 2.75) is 6.92 Å². The molecule has 126 valence electrons. The molecule has 0 atom stereocenters. The van der Waals surface area contributed by atoms with Crippen LogP contribution in [0, 0.1) is 6.92 Å². The molecule has 2 aromatic carbocycles. The molecule has 7 heteroatoms. The third-order valence-corrected chi connectivity index (χ3v) is 4.72. The van der Waals surface area contributed by atoms with Crippen LogP contribution in [0.2, 0.25) is 5.02 Å². The van der Waals surface area contributed by atoms with Gasteiger partial charge < -0.3 is 20.1 Å². The van der Waals surface area contributed by atoms with Gasteiger partial charge in [0.25, 0.3) is 0 Å². The predicted molar refractivity (Wildman–Crippen MR) is 98.4 cm³/mol. The molecule has 0 aliphatic carbocycles. The fraction of sp³-hybridized carbons (Fsp3) is 0.235. The summed E-state index contributed by atoms with van der Waals surface area (Å²) in [5.74, 6) is 0.972. The Bertz CT molecular complexity index is 783. The average Bonchev–Trinajstić information content (AvgIpc) is 2.56. The molecule has 0 fully saturated rings. The molecule has 0 unspecified atom stereocenters. The molecule has 0 aromatic heterocycles. The van der Waals surface area contributed by atoms with Crippen molar-refractivity contribution >= 4 is 44.8 Å². The third kappa shape index (κ3) is 3.94. The summed E-state index contributed by atoms with van der Waals surface area (Å²) in [6.45, 7) is 3.09. The van der Waals surface area contributed by atoms with Crippen LogP contribution < -0.4 is 20.1 Å². The normalized spacial score (nSPS) is 12.6. The molecule has 5 nitrogen and oxygen atoms in total. The van der Waals surface area contributed by atoms with E-state index in [-0.39, 0.29) is 12.5 Å². The molecule has 0 saturated heterocycles. The van der Waals surface area contributed by atoms with Crippen LogP contribution in [0.25, 0.3) is 0 Å². The van der Waals surface area contributed by atoms with E-state index in [9.17, 15) is 4.79 Å². The second-order valence-corrected chi connectivity index (χ2v) is 6.60. The van der Waals surface area contributed by atoms with E-state index < -0.39 is 0 Å². The second kappa shape index (κ2) is 7.32. The number of amides is 1. The maximum absolute atomic E-state index is 12.1. The Labute approximate surface area is 153 Å². The number of hydrogen-bond donors (Lipinski definition) is 2. The SMILES string of the molecule is Cc1cc(NCC(=O)Nc2cc3c(cc2Cl)OCCO3)ccc1Br. The molecule has 1 heterocycles. The second-order valence-electron chi connectivity index (χ2n) is 5.34. The number of benzene rings is 2. The maximum atomic E-state index is 12.1. The van der Waals surface area contributed by atoms with Crippen LogP contribution in [0.3, 0.4) is 0 Å². The first-order valence-corrected chi connectivity index (χ1v) is 8.59. The lowest BCUT2D eigenvalue weighted by Crippen LogP contribution is -2.22. The Hall–Kier alpha value is -1.92. The van der Waals surface area contributed by atoms with Crippen LogP contribution in [-0.4, -0.2) is 25.7 Å². The Kier molecular flexibility index (Phi) is 5.16. The molecule has 1 aliphatic rings. The minimum atomic E-state index is -0.200. The van der Waals surface area contributed by atoms with Crippen molar-refractivity contribution in [2.75, 3.05) is 30.4 Å². The molecule has 3 rings (SSSR count). The number of fused-ring (bicyclic) bond motifs is 1. The van der Waals surface area contributed by atoms with E-state index in [0.717, 1.165) is 15.7 Å². The summed E-state index contributed by atoms with van der Waals surface area (Å²) in [5, 5.41) is 6.27. The lowest BCUT2D eigenvalue weighted by atomic mass is 10.2. The van der Waals surface area contributed by atoms with E-state index in [2.05, 4.69) is 26.6 Å². The zero-order chi connectivity index (χ0) is 17.1. The summed E-state index contributed by atoms with van der Waals surface area (Å²) in [6.07, 6.45) is 0. The van der Waals surface area contributed by atoms with Gasteiger partial charge in [0.1, 0.15) is 13.2 Å². The van der Waals surface area contributed by atoms with Crippen LogP contribution >= 0.6 is 27.5 Å². The van der Waals surface area contributed by atoms with Crippen LogP contribution in [0.1, 0.15) is 5.56 Å². The molecule has 0 spiro atoms. The van der Waals surface area contributed by atoms with Gasteiger partial charge >= 0.3 is 0 Å². The number of halogens is 2. The maximum Gasteiger partial charge on any atom is 0.243 e. The zero-order valence-electron chi connectivity index (χ0n) is 13.0. The topological polar surface area (TPSA) is 59.6 Å². The van der Waals surface area contributed by atoms with Crippen LogP contribution in [-0.2, 0) is 4.79 Å². The molecule has 1 aliphatic heterocycles. The van der Waals surface area contributed by atoms with Gasteiger partial charge in [0.2, 0.25) is 5.91 Å². The van der Waals surface area contributed by atoms with Crippen molar-refractivity contribution in [1.29, 1.82) is 0 Å². The highest BCUT2D eigenvalue weighted by Gasteiger charge is 2.16. The highest BCUT2D eigenvalue weighted by atomic mass is 79.9. The summed E-state index contributed by atoms with van der Waals surface area (Å²) in [6, 6.07) is 9.14. The lowest BCUT2D eigenvalue weighted by Gasteiger charge is -2.20. The molecule has 1 amide bonds. The highest BCUT2D eigenvalue weighted by Crippen LogP contribution is 2.37. The summed E-state index contributed by atoms with van der Waals surface area (Å²) in [7, 11) is 0. The summed E-state index contributed by atoms with van der Waals surface area (Å²) >= 11 is 9.63. The van der Waals surface area contributed by atoms with Gasteiger partial charge in [-0.2, -0.15) is 0 Å². The van der Waals surface area contributed by atoms with Gasteiger partial charge in [0.05, 0.1) is 17.3 Å². The van der Waals surface area contributed by atoms with E-state index in [4.69, 9.17) is 21.1 Å². The Balaban J connectivity index is 1.63. The van der Waals surface area contributed by atoms with E-state index in [0.29, 0.717) is 35.4 Å². The molecule has 24 heavy (non-hydrogen) atoms. The molecular weight excluding hydrogens is 396 g/mol. The number of hydrogen-bond acceptors (Lipinski definition) is 4. The van der Waals surface area contributed by atoms with E-state index in [1.165, 1.54) is 0 Å². The van der Waals surface area contributed by atoms with E-state index in [1.807, 2.05) is 25.1 Å². The van der Waals surface area contributed by atoms with Crippen LogP contribution in [0.4, 0.5) is 11.4 Å². The molecule has 0 saturated carbocycles. The van der Waals surface area contributed by atoms with Crippen molar-refractivity contribution in [3.05, 3.63) is 45.4 Å². The number of rotatable bonds is 4. The minimum absolute atomic E-state index is 0.131. The largest absolute Gasteiger partial charge is 0.486 e. The summed E-state index contributed by atoms with van der Waals surface area (Å²) in [4.78, 5) is 12.1. The van der Waals surface area contributed by atoms with Gasteiger partial charge in [0, 0.05) is 22.3 Å². The minimum Gasteiger partial charge on any atom is -0.486 e. The van der Waals surface area contributed by atoms with Gasteiger partial charge in [-0.05, 0) is 30.7 Å². The predicted octanol–water partition coefficient (Wildman–Crippen LogP) is 4.23. The first kappa shape index (κ1) is 16.9. The smallest absolute Gasteiger partial charge is 0.243 e. The Morgan fingerprint density at radius 1 is 1.21 bits per heavy atom. The number of nitrogens with one attached hydrogen (secondary N) is 2. The first-order chi connectivity index (χ1) is 11.5. The molecule has 0 bridgehead atoms. The van der Waals surface area contributed by atoms with Crippen molar-refractivity contribution in [3.8, 4) is 11.5 Å². The number of carbonyl (C=O) groups is 1. The fourth-order valence-electron chi connectivity index (χ4n) is 2.29. The van der Waals surface area contributed by atoms with Crippen molar-refractivity contribution in [2.24, 2.45) is 0 Å². The van der Waals surface area contributed by atoms with Gasteiger partial charge in [-0.3, -0.25) is 4.79 Å². The average molecular weight is 412 g/mol.